The fourth-order valence-corrected chi connectivity index (χ4v) is 5.20. The largest absolute Gasteiger partial charge is 0.416 e. The van der Waals surface area contributed by atoms with E-state index in [9.17, 15) is 17.6 Å². The van der Waals surface area contributed by atoms with Crippen molar-refractivity contribution >= 4 is 0 Å². The van der Waals surface area contributed by atoms with Crippen LogP contribution in [0, 0.1) is 29.1 Å². The summed E-state index contributed by atoms with van der Waals surface area (Å²) in [5.74, 6) is 1.63. The van der Waals surface area contributed by atoms with Gasteiger partial charge in [0.1, 0.15) is 6.07 Å². The zero-order valence-electron chi connectivity index (χ0n) is 17.9. The standard InChI is InChI=1S/C26H31F4N/c27-25(18-31)3-1-2-19-4-6-20(7-5-19)8-9-21-10-12-22(13-11-21)23-14-16-24(17-15-23)26(28,29)30/h1-3,14-17,19-22H,4-13H2/t19-,20-,21-,22-. The van der Waals surface area contributed by atoms with Crippen molar-refractivity contribution in [3.63, 3.8) is 0 Å². The van der Waals surface area contributed by atoms with Crippen LogP contribution in [0.25, 0.3) is 0 Å². The molecule has 31 heavy (non-hydrogen) atoms. The summed E-state index contributed by atoms with van der Waals surface area (Å²) in [5.41, 5.74) is 0.475. The summed E-state index contributed by atoms with van der Waals surface area (Å²) >= 11 is 0. The molecule has 0 aromatic heterocycles. The van der Waals surface area contributed by atoms with Crippen molar-refractivity contribution in [3.05, 3.63) is 59.4 Å². The molecule has 0 amide bonds. The third-order valence-corrected chi connectivity index (χ3v) is 7.16. The minimum Gasteiger partial charge on any atom is -0.195 e. The molecule has 1 aromatic carbocycles. The highest BCUT2D eigenvalue weighted by molar-refractivity contribution is 5.27. The summed E-state index contributed by atoms with van der Waals surface area (Å²) in [6.45, 7) is 0. The fraction of sp³-hybridized carbons (Fsp3) is 0.577. The van der Waals surface area contributed by atoms with Crippen molar-refractivity contribution in [3.8, 4) is 6.07 Å². The second kappa shape index (κ2) is 11.0. The van der Waals surface area contributed by atoms with Crippen molar-refractivity contribution in [2.45, 2.75) is 76.3 Å². The topological polar surface area (TPSA) is 23.8 Å². The minimum absolute atomic E-state index is 0.390. The highest BCUT2D eigenvalue weighted by Crippen LogP contribution is 2.40. The van der Waals surface area contributed by atoms with Gasteiger partial charge < -0.3 is 0 Å². The Hall–Kier alpha value is -2.09. The van der Waals surface area contributed by atoms with Gasteiger partial charge in [0.15, 0.2) is 5.83 Å². The van der Waals surface area contributed by atoms with E-state index >= 15 is 0 Å². The van der Waals surface area contributed by atoms with Gasteiger partial charge >= 0.3 is 6.18 Å². The van der Waals surface area contributed by atoms with Gasteiger partial charge in [-0.25, -0.2) is 0 Å². The maximum atomic E-state index is 12.8. The summed E-state index contributed by atoms with van der Waals surface area (Å²) < 4.78 is 51.0. The number of hydrogen-bond acceptors (Lipinski definition) is 1. The number of benzene rings is 1. The average molecular weight is 434 g/mol. The SMILES string of the molecule is N#CC(F)=CC=C[C@H]1CC[C@H](CC[C@H]2CC[C@H](c3ccc(C(F)(F)F)cc3)CC2)CC1. The van der Waals surface area contributed by atoms with Gasteiger partial charge in [-0.3, -0.25) is 0 Å². The van der Waals surface area contributed by atoms with E-state index in [1.54, 1.807) is 18.2 Å². The zero-order valence-corrected chi connectivity index (χ0v) is 17.9. The quantitative estimate of drug-likeness (QED) is 0.251. The zero-order chi connectivity index (χ0) is 22.3. The average Bonchev–Trinajstić information content (AvgIpc) is 2.78. The first kappa shape index (κ1) is 23.6. The van der Waals surface area contributed by atoms with Gasteiger partial charge in [-0.2, -0.15) is 22.8 Å². The third kappa shape index (κ3) is 7.23. The number of allylic oxidation sites excluding steroid dienone is 4. The van der Waals surface area contributed by atoms with Crippen molar-refractivity contribution in [1.82, 2.24) is 0 Å². The van der Waals surface area contributed by atoms with Crippen molar-refractivity contribution in [1.29, 1.82) is 5.26 Å². The summed E-state index contributed by atoms with van der Waals surface area (Å²) in [6.07, 6.45) is 12.3. The maximum Gasteiger partial charge on any atom is 0.416 e. The lowest BCUT2D eigenvalue weighted by Gasteiger charge is -2.31. The summed E-state index contributed by atoms with van der Waals surface area (Å²) in [5, 5.41) is 8.42. The second-order valence-corrected chi connectivity index (χ2v) is 9.21. The molecule has 2 fully saturated rings. The Morgan fingerprint density at radius 1 is 0.903 bits per heavy atom. The van der Waals surface area contributed by atoms with Crippen LogP contribution in [0.4, 0.5) is 17.6 Å². The highest BCUT2D eigenvalue weighted by atomic mass is 19.4. The van der Waals surface area contributed by atoms with Crippen LogP contribution in [0.3, 0.4) is 0 Å². The number of hydrogen-bond donors (Lipinski definition) is 0. The van der Waals surface area contributed by atoms with Crippen molar-refractivity contribution in [2.75, 3.05) is 0 Å². The van der Waals surface area contributed by atoms with E-state index in [2.05, 4.69) is 0 Å². The Bertz CT molecular complexity index is 784. The lowest BCUT2D eigenvalue weighted by molar-refractivity contribution is -0.137. The second-order valence-electron chi connectivity index (χ2n) is 9.21. The van der Waals surface area contributed by atoms with E-state index in [0.29, 0.717) is 11.8 Å². The van der Waals surface area contributed by atoms with Crippen LogP contribution in [0.2, 0.25) is 0 Å². The van der Waals surface area contributed by atoms with E-state index in [1.165, 1.54) is 62.8 Å². The molecule has 0 unspecified atom stereocenters. The first-order valence-electron chi connectivity index (χ1n) is 11.5. The van der Waals surface area contributed by atoms with Crippen LogP contribution < -0.4 is 0 Å². The molecule has 2 aliphatic carbocycles. The predicted molar refractivity (Wildman–Crippen MR) is 115 cm³/mol. The van der Waals surface area contributed by atoms with Gasteiger partial charge in [-0.1, -0.05) is 37.1 Å². The fourth-order valence-electron chi connectivity index (χ4n) is 5.20. The molecule has 0 radical (unpaired) electrons. The normalized spacial score (nSPS) is 27.9. The molecule has 1 aromatic rings. The molecular formula is C26H31F4N. The molecule has 5 heteroatoms. The molecule has 0 heterocycles. The van der Waals surface area contributed by atoms with E-state index < -0.39 is 17.6 Å². The molecule has 0 atom stereocenters. The number of alkyl halides is 3. The molecule has 0 bridgehead atoms. The molecule has 2 aliphatic rings. The number of halogens is 4. The third-order valence-electron chi connectivity index (χ3n) is 7.16. The Morgan fingerprint density at radius 3 is 1.97 bits per heavy atom. The maximum absolute atomic E-state index is 12.8. The number of rotatable bonds is 6. The predicted octanol–water partition coefficient (Wildman–Crippen LogP) is 8.50. The van der Waals surface area contributed by atoms with Gasteiger partial charge in [0.2, 0.25) is 0 Å². The lowest BCUT2D eigenvalue weighted by atomic mass is 9.74. The molecule has 1 nitrogen and oxygen atoms in total. The number of nitrogens with zero attached hydrogens (tertiary/aromatic N) is 1. The van der Waals surface area contributed by atoms with Crippen LogP contribution in [0.15, 0.2) is 48.3 Å². The van der Waals surface area contributed by atoms with Gasteiger partial charge in [0, 0.05) is 0 Å². The van der Waals surface area contributed by atoms with Crippen LogP contribution in [-0.4, -0.2) is 0 Å². The number of nitriles is 1. The molecule has 0 spiro atoms. The molecule has 168 valence electrons. The Balaban J connectivity index is 1.35. The van der Waals surface area contributed by atoms with Gasteiger partial charge in [0.25, 0.3) is 0 Å². The van der Waals surface area contributed by atoms with Crippen LogP contribution in [0.5, 0.6) is 0 Å². The van der Waals surface area contributed by atoms with Gasteiger partial charge in [-0.05, 0) is 98.8 Å². The van der Waals surface area contributed by atoms with Crippen LogP contribution >= 0.6 is 0 Å². The Morgan fingerprint density at radius 2 is 1.45 bits per heavy atom. The van der Waals surface area contributed by atoms with E-state index in [0.717, 1.165) is 43.1 Å². The molecule has 0 N–H and O–H groups in total. The highest BCUT2D eigenvalue weighted by Gasteiger charge is 2.31. The summed E-state index contributed by atoms with van der Waals surface area (Å²) in [7, 11) is 0. The minimum atomic E-state index is -4.27. The van der Waals surface area contributed by atoms with Crippen molar-refractivity contribution < 1.29 is 17.6 Å². The monoisotopic (exact) mass is 433 g/mol. The lowest BCUT2D eigenvalue weighted by Crippen LogP contribution is -2.17. The van der Waals surface area contributed by atoms with Crippen LogP contribution in [0.1, 0.15) is 81.3 Å². The van der Waals surface area contributed by atoms with E-state index in [-0.39, 0.29) is 0 Å². The summed E-state index contributed by atoms with van der Waals surface area (Å²) in [6, 6.07) is 7.22. The molecule has 3 rings (SSSR count). The smallest absolute Gasteiger partial charge is 0.195 e. The van der Waals surface area contributed by atoms with Crippen molar-refractivity contribution in [2.24, 2.45) is 17.8 Å². The van der Waals surface area contributed by atoms with Gasteiger partial charge in [0.05, 0.1) is 5.56 Å². The molecular weight excluding hydrogens is 402 g/mol. The Labute approximate surface area is 182 Å². The summed E-state index contributed by atoms with van der Waals surface area (Å²) in [4.78, 5) is 0. The first-order valence-corrected chi connectivity index (χ1v) is 11.5. The molecule has 0 aliphatic heterocycles. The molecule has 2 saturated carbocycles. The van der Waals surface area contributed by atoms with E-state index in [1.807, 2.05) is 6.08 Å². The molecule has 0 saturated heterocycles. The first-order chi connectivity index (χ1) is 14.8. The van der Waals surface area contributed by atoms with Gasteiger partial charge in [-0.15, -0.1) is 0 Å². The Kier molecular flexibility index (Phi) is 8.35. The van der Waals surface area contributed by atoms with Crippen LogP contribution in [-0.2, 0) is 6.18 Å². The van der Waals surface area contributed by atoms with E-state index in [4.69, 9.17) is 5.26 Å².